The first-order valence-corrected chi connectivity index (χ1v) is 11.2. The van der Waals surface area contributed by atoms with Gasteiger partial charge in [0.25, 0.3) is 15.9 Å². The highest BCUT2D eigenvalue weighted by atomic mass is 35.5. The molecule has 1 aromatic carbocycles. The Bertz CT molecular complexity index is 997. The molecule has 0 radical (unpaired) electrons. The number of aryl methyl sites for hydroxylation is 1. The van der Waals surface area contributed by atoms with Gasteiger partial charge in [0, 0.05) is 38.1 Å². The van der Waals surface area contributed by atoms with Crippen LogP contribution in [-0.4, -0.2) is 61.2 Å². The maximum Gasteiger partial charge on any atom is 0.266 e. The van der Waals surface area contributed by atoms with Crippen LogP contribution in [0.2, 0.25) is 5.02 Å². The first-order chi connectivity index (χ1) is 13.2. The molecule has 8 nitrogen and oxygen atoms in total. The summed E-state index contributed by atoms with van der Waals surface area (Å²) in [5, 5.41) is 0.556. The van der Waals surface area contributed by atoms with E-state index in [1.54, 1.807) is 16.7 Å². The zero-order chi connectivity index (χ0) is 20.5. The monoisotopic (exact) mass is 442 g/mol. The van der Waals surface area contributed by atoms with E-state index < -0.39 is 10.0 Å². The number of aromatic nitrogens is 1. The van der Waals surface area contributed by atoms with Gasteiger partial charge in [-0.25, -0.2) is 13.4 Å². The van der Waals surface area contributed by atoms with Crippen molar-refractivity contribution >= 4 is 49.9 Å². The average Bonchev–Trinajstić information content (AvgIpc) is 3.01. The fourth-order valence-corrected chi connectivity index (χ4v) is 5.09. The van der Waals surface area contributed by atoms with Gasteiger partial charge in [-0.05, 0) is 31.2 Å². The summed E-state index contributed by atoms with van der Waals surface area (Å²) in [6.07, 6.45) is 0. The summed E-state index contributed by atoms with van der Waals surface area (Å²) in [4.78, 5) is 32.2. The summed E-state index contributed by atoms with van der Waals surface area (Å²) < 4.78 is 27.4. The lowest BCUT2D eigenvalue weighted by Crippen LogP contribution is -2.50. The number of thiazole rings is 1. The van der Waals surface area contributed by atoms with Crippen LogP contribution >= 0.6 is 22.9 Å². The molecule has 0 aliphatic carbocycles. The van der Waals surface area contributed by atoms with Gasteiger partial charge in [0.1, 0.15) is 4.88 Å². The Morgan fingerprint density at radius 3 is 2.25 bits per heavy atom. The van der Waals surface area contributed by atoms with Gasteiger partial charge in [-0.15, -0.1) is 0 Å². The molecule has 1 N–H and O–H groups in total. The molecule has 28 heavy (non-hydrogen) atoms. The molecule has 11 heteroatoms. The summed E-state index contributed by atoms with van der Waals surface area (Å²) in [5.41, 5.74) is 0.456. The zero-order valence-electron chi connectivity index (χ0n) is 15.3. The van der Waals surface area contributed by atoms with E-state index in [0.29, 0.717) is 41.8 Å². The van der Waals surface area contributed by atoms with Crippen molar-refractivity contribution in [2.45, 2.75) is 18.7 Å². The van der Waals surface area contributed by atoms with Crippen molar-refractivity contribution in [1.29, 1.82) is 0 Å². The standard InChI is InChI=1S/C17H19ClN4O4S2/c1-11-15(16(24)22-9-7-21(8-10-22)12(2)23)27-17(19-11)20-28(25,26)14-5-3-13(18)4-6-14/h3-6H,7-10H2,1-2H3,(H,19,20). The molecule has 2 amide bonds. The van der Waals surface area contributed by atoms with Gasteiger partial charge in [-0.3, -0.25) is 14.3 Å². The number of nitrogens with zero attached hydrogens (tertiary/aromatic N) is 3. The van der Waals surface area contributed by atoms with Gasteiger partial charge in [0.2, 0.25) is 5.91 Å². The second kappa shape index (κ2) is 8.06. The summed E-state index contributed by atoms with van der Waals surface area (Å²) in [6, 6.07) is 5.76. The highest BCUT2D eigenvalue weighted by molar-refractivity contribution is 7.93. The van der Waals surface area contributed by atoms with E-state index in [0.717, 1.165) is 11.3 Å². The van der Waals surface area contributed by atoms with E-state index in [4.69, 9.17) is 11.6 Å². The van der Waals surface area contributed by atoms with Crippen molar-refractivity contribution in [2.75, 3.05) is 30.9 Å². The van der Waals surface area contributed by atoms with Crippen LogP contribution in [0, 0.1) is 6.92 Å². The van der Waals surface area contributed by atoms with Crippen LogP contribution < -0.4 is 4.72 Å². The Morgan fingerprint density at radius 1 is 1.11 bits per heavy atom. The van der Waals surface area contributed by atoms with Gasteiger partial charge >= 0.3 is 0 Å². The molecule has 2 aromatic rings. The van der Waals surface area contributed by atoms with E-state index in [-0.39, 0.29) is 21.8 Å². The molecule has 0 saturated carbocycles. The summed E-state index contributed by atoms with van der Waals surface area (Å²) >= 11 is 6.79. The molecule has 1 aliphatic heterocycles. The van der Waals surface area contributed by atoms with Gasteiger partial charge in [0.15, 0.2) is 5.13 Å². The first kappa shape index (κ1) is 20.6. The van der Waals surface area contributed by atoms with Crippen LogP contribution in [0.1, 0.15) is 22.3 Å². The lowest BCUT2D eigenvalue weighted by Gasteiger charge is -2.34. The number of amides is 2. The number of halogens is 1. The third kappa shape index (κ3) is 4.45. The van der Waals surface area contributed by atoms with E-state index >= 15 is 0 Å². The third-order valence-electron chi connectivity index (χ3n) is 4.35. The lowest BCUT2D eigenvalue weighted by atomic mass is 10.2. The molecule has 1 aromatic heterocycles. The van der Waals surface area contributed by atoms with Crippen molar-refractivity contribution in [2.24, 2.45) is 0 Å². The Labute approximate surface area is 172 Å². The highest BCUT2D eigenvalue weighted by Gasteiger charge is 2.27. The summed E-state index contributed by atoms with van der Waals surface area (Å²) in [6.45, 7) is 4.99. The fraction of sp³-hybridized carbons (Fsp3) is 0.353. The maximum atomic E-state index is 12.8. The summed E-state index contributed by atoms with van der Waals surface area (Å²) in [5.74, 6) is -0.227. The summed E-state index contributed by atoms with van der Waals surface area (Å²) in [7, 11) is -3.83. The van der Waals surface area contributed by atoms with E-state index in [9.17, 15) is 18.0 Å². The number of hydrogen-bond donors (Lipinski definition) is 1. The molecule has 3 rings (SSSR count). The average molecular weight is 443 g/mol. The topological polar surface area (TPSA) is 99.7 Å². The molecule has 0 bridgehead atoms. The molecule has 1 fully saturated rings. The number of carbonyl (C=O) groups excluding carboxylic acids is 2. The first-order valence-electron chi connectivity index (χ1n) is 8.48. The number of hydrogen-bond acceptors (Lipinski definition) is 6. The molecule has 1 saturated heterocycles. The van der Waals surface area contributed by atoms with Crippen LogP contribution in [0.4, 0.5) is 5.13 Å². The smallest absolute Gasteiger partial charge is 0.266 e. The Balaban J connectivity index is 1.73. The SMILES string of the molecule is CC(=O)N1CCN(C(=O)c2sc(NS(=O)(=O)c3ccc(Cl)cc3)nc2C)CC1. The van der Waals surface area contributed by atoms with Crippen LogP contribution in [0.5, 0.6) is 0 Å². The zero-order valence-corrected chi connectivity index (χ0v) is 17.7. The van der Waals surface area contributed by atoms with Crippen molar-refractivity contribution in [3.05, 3.63) is 39.9 Å². The van der Waals surface area contributed by atoms with Crippen LogP contribution in [0.25, 0.3) is 0 Å². The van der Waals surface area contributed by atoms with Gasteiger partial charge in [-0.1, -0.05) is 22.9 Å². The van der Waals surface area contributed by atoms with Crippen molar-refractivity contribution in [3.8, 4) is 0 Å². The molecule has 0 spiro atoms. The van der Waals surface area contributed by atoms with Gasteiger partial charge in [-0.2, -0.15) is 0 Å². The number of nitrogens with one attached hydrogen (secondary N) is 1. The van der Waals surface area contributed by atoms with Crippen molar-refractivity contribution in [3.63, 3.8) is 0 Å². The van der Waals surface area contributed by atoms with Crippen molar-refractivity contribution in [1.82, 2.24) is 14.8 Å². The molecule has 0 atom stereocenters. The van der Waals surface area contributed by atoms with Gasteiger partial charge in [0.05, 0.1) is 10.6 Å². The Hall–Kier alpha value is -2.17. The van der Waals surface area contributed by atoms with Gasteiger partial charge < -0.3 is 9.80 Å². The maximum absolute atomic E-state index is 12.8. The number of anilines is 1. The molecule has 2 heterocycles. The van der Waals surface area contributed by atoms with Crippen LogP contribution in [0.3, 0.4) is 0 Å². The van der Waals surface area contributed by atoms with E-state index in [1.165, 1.54) is 31.2 Å². The van der Waals surface area contributed by atoms with E-state index in [2.05, 4.69) is 9.71 Å². The normalized spacial score (nSPS) is 14.8. The Morgan fingerprint density at radius 2 is 1.68 bits per heavy atom. The minimum absolute atomic E-state index is 0.0139. The minimum Gasteiger partial charge on any atom is -0.339 e. The fourth-order valence-electron chi connectivity index (χ4n) is 2.79. The predicted octanol–water partition coefficient (Wildman–Crippen LogP) is 2.21. The second-order valence-corrected chi connectivity index (χ2v) is 9.41. The van der Waals surface area contributed by atoms with Crippen molar-refractivity contribution < 1.29 is 18.0 Å². The minimum atomic E-state index is -3.83. The lowest BCUT2D eigenvalue weighted by molar-refractivity contribution is -0.130. The molecule has 150 valence electrons. The molecular formula is C17H19ClN4O4S2. The number of carbonyl (C=O) groups is 2. The Kier molecular flexibility index (Phi) is 5.92. The number of rotatable bonds is 4. The predicted molar refractivity (Wildman–Crippen MR) is 107 cm³/mol. The number of sulfonamides is 1. The molecular weight excluding hydrogens is 424 g/mol. The number of benzene rings is 1. The third-order valence-corrected chi connectivity index (χ3v) is 7.15. The second-order valence-electron chi connectivity index (χ2n) is 6.29. The van der Waals surface area contributed by atoms with Crippen LogP contribution in [-0.2, 0) is 14.8 Å². The largest absolute Gasteiger partial charge is 0.339 e. The molecule has 0 unspecified atom stereocenters. The molecule has 1 aliphatic rings. The van der Waals surface area contributed by atoms with E-state index in [1.807, 2.05) is 0 Å². The highest BCUT2D eigenvalue weighted by Crippen LogP contribution is 2.27. The quantitative estimate of drug-likeness (QED) is 0.782. The number of piperazine rings is 1. The van der Waals surface area contributed by atoms with Crippen LogP contribution in [0.15, 0.2) is 29.2 Å².